The molecular formula is C25H30N6O2. The zero-order valence-corrected chi connectivity index (χ0v) is 19.0. The van der Waals surface area contributed by atoms with Crippen LogP contribution in [0.1, 0.15) is 70.9 Å². The van der Waals surface area contributed by atoms with E-state index in [2.05, 4.69) is 15.3 Å². The highest BCUT2D eigenvalue weighted by Gasteiger charge is 2.27. The van der Waals surface area contributed by atoms with E-state index in [0.717, 1.165) is 55.3 Å². The molecule has 5 rings (SSSR count). The van der Waals surface area contributed by atoms with Gasteiger partial charge in [-0.25, -0.2) is 9.97 Å². The lowest BCUT2D eigenvalue weighted by molar-refractivity contribution is 0.0712. The molecule has 1 aliphatic carbocycles. The zero-order valence-electron chi connectivity index (χ0n) is 19.0. The molecule has 172 valence electrons. The number of nitrogens with one attached hydrogen (secondary N) is 1. The van der Waals surface area contributed by atoms with Gasteiger partial charge >= 0.3 is 0 Å². The highest BCUT2D eigenvalue weighted by Crippen LogP contribution is 2.29. The number of pyridine rings is 1. The third-order valence-electron chi connectivity index (χ3n) is 7.05. The molecule has 3 N–H and O–H groups in total. The van der Waals surface area contributed by atoms with E-state index in [4.69, 9.17) is 5.73 Å². The molecule has 1 aliphatic heterocycles. The molecule has 3 heterocycles. The lowest BCUT2D eigenvalue weighted by Crippen LogP contribution is -2.38. The average Bonchev–Trinajstić information content (AvgIpc) is 3.48. The van der Waals surface area contributed by atoms with Gasteiger partial charge in [-0.2, -0.15) is 0 Å². The molecular weight excluding hydrogens is 416 g/mol. The molecule has 0 spiro atoms. The number of rotatable bonds is 4. The lowest BCUT2D eigenvalue weighted by Gasteiger charge is -2.32. The van der Waals surface area contributed by atoms with Crippen molar-refractivity contribution < 1.29 is 9.59 Å². The largest absolute Gasteiger partial charge is 0.383 e. The second-order valence-corrected chi connectivity index (χ2v) is 9.25. The number of hydrogen-bond donors (Lipinski definition) is 2. The summed E-state index contributed by atoms with van der Waals surface area (Å²) in [5.74, 6) is 0.405. The SMILES string of the molecule is Cn1cnc2cc(C(=O)N3CCC(c4ccc(C(=O)NC5CCCC5)c(N)n4)CC3)ccc21. The molecule has 0 bridgehead atoms. The van der Waals surface area contributed by atoms with E-state index in [1.54, 1.807) is 12.4 Å². The van der Waals surface area contributed by atoms with Crippen LogP contribution in [-0.2, 0) is 7.05 Å². The van der Waals surface area contributed by atoms with Gasteiger partial charge in [-0.05, 0) is 56.0 Å². The molecule has 0 unspecified atom stereocenters. The molecule has 2 aliphatic rings. The van der Waals surface area contributed by atoms with Crippen LogP contribution in [0.2, 0.25) is 0 Å². The molecule has 1 aromatic carbocycles. The molecule has 1 saturated carbocycles. The molecule has 33 heavy (non-hydrogen) atoms. The minimum Gasteiger partial charge on any atom is -0.383 e. The first-order valence-corrected chi connectivity index (χ1v) is 11.8. The first-order valence-electron chi connectivity index (χ1n) is 11.8. The smallest absolute Gasteiger partial charge is 0.255 e. The predicted octanol–water partition coefficient (Wildman–Crippen LogP) is 3.24. The number of benzene rings is 1. The van der Waals surface area contributed by atoms with Gasteiger partial charge in [0, 0.05) is 43.4 Å². The molecule has 2 aromatic heterocycles. The number of amides is 2. The number of aromatic nitrogens is 3. The Hall–Kier alpha value is -3.42. The van der Waals surface area contributed by atoms with Crippen molar-refractivity contribution in [2.45, 2.75) is 50.5 Å². The predicted molar refractivity (Wildman–Crippen MR) is 127 cm³/mol. The molecule has 8 heteroatoms. The summed E-state index contributed by atoms with van der Waals surface area (Å²) in [5.41, 5.74) is 10.0. The Morgan fingerprint density at radius 2 is 1.82 bits per heavy atom. The summed E-state index contributed by atoms with van der Waals surface area (Å²) < 4.78 is 1.94. The zero-order chi connectivity index (χ0) is 22.9. The van der Waals surface area contributed by atoms with Crippen molar-refractivity contribution in [3.05, 3.63) is 53.5 Å². The number of anilines is 1. The standard InChI is InChI=1S/C25H30N6O2/c1-30-15-27-21-14-17(6-9-22(21)30)25(33)31-12-10-16(11-13-31)20-8-7-19(23(26)29-20)24(32)28-18-4-2-3-5-18/h6-9,14-16,18H,2-5,10-13H2,1H3,(H2,26,29)(H,28,32). The molecule has 3 aromatic rings. The van der Waals surface area contributed by atoms with Crippen LogP contribution in [0.15, 0.2) is 36.7 Å². The van der Waals surface area contributed by atoms with E-state index in [1.165, 1.54) is 0 Å². The summed E-state index contributed by atoms with van der Waals surface area (Å²) in [6, 6.07) is 9.63. The van der Waals surface area contributed by atoms with Gasteiger partial charge in [0.05, 0.1) is 22.9 Å². The van der Waals surface area contributed by atoms with Crippen molar-refractivity contribution in [3.8, 4) is 0 Å². The van der Waals surface area contributed by atoms with E-state index in [9.17, 15) is 9.59 Å². The second kappa shape index (κ2) is 8.84. The van der Waals surface area contributed by atoms with E-state index >= 15 is 0 Å². The Balaban J connectivity index is 1.21. The topological polar surface area (TPSA) is 106 Å². The summed E-state index contributed by atoms with van der Waals surface area (Å²) in [6.45, 7) is 1.32. The highest BCUT2D eigenvalue weighted by atomic mass is 16.2. The van der Waals surface area contributed by atoms with E-state index < -0.39 is 0 Å². The van der Waals surface area contributed by atoms with Gasteiger partial charge in [-0.1, -0.05) is 12.8 Å². The van der Waals surface area contributed by atoms with Crippen LogP contribution in [-0.4, -0.2) is 50.4 Å². The Morgan fingerprint density at radius 3 is 2.55 bits per heavy atom. The second-order valence-electron chi connectivity index (χ2n) is 9.25. The maximum absolute atomic E-state index is 13.0. The van der Waals surface area contributed by atoms with Crippen LogP contribution in [0.4, 0.5) is 5.82 Å². The van der Waals surface area contributed by atoms with Gasteiger partial charge in [0.2, 0.25) is 0 Å². The van der Waals surface area contributed by atoms with Crippen molar-refractivity contribution in [2.24, 2.45) is 7.05 Å². The minimum absolute atomic E-state index is 0.0346. The quantitative estimate of drug-likeness (QED) is 0.640. The highest BCUT2D eigenvalue weighted by molar-refractivity contribution is 5.98. The molecule has 2 amide bonds. The van der Waals surface area contributed by atoms with Crippen LogP contribution in [0.5, 0.6) is 0 Å². The number of carbonyl (C=O) groups is 2. The number of nitrogen functional groups attached to an aromatic ring is 1. The van der Waals surface area contributed by atoms with Crippen LogP contribution < -0.4 is 11.1 Å². The van der Waals surface area contributed by atoms with Gasteiger partial charge < -0.3 is 20.5 Å². The number of nitrogens with zero attached hydrogens (tertiary/aromatic N) is 4. The Labute approximate surface area is 193 Å². The number of carbonyl (C=O) groups excluding carboxylic acids is 2. The molecule has 8 nitrogen and oxygen atoms in total. The summed E-state index contributed by atoms with van der Waals surface area (Å²) >= 11 is 0. The summed E-state index contributed by atoms with van der Waals surface area (Å²) in [4.78, 5) is 36.4. The van der Waals surface area contributed by atoms with Crippen LogP contribution >= 0.6 is 0 Å². The van der Waals surface area contributed by atoms with Crippen molar-refractivity contribution in [2.75, 3.05) is 18.8 Å². The Kier molecular flexibility index (Phi) is 5.74. The summed E-state index contributed by atoms with van der Waals surface area (Å²) in [6.07, 6.45) is 7.78. The molecule has 1 saturated heterocycles. The molecule has 0 atom stereocenters. The monoisotopic (exact) mass is 446 g/mol. The lowest BCUT2D eigenvalue weighted by atomic mass is 9.92. The Bertz CT molecular complexity index is 1190. The van der Waals surface area contributed by atoms with Crippen molar-refractivity contribution in [1.82, 2.24) is 24.8 Å². The van der Waals surface area contributed by atoms with Crippen LogP contribution in [0.3, 0.4) is 0 Å². The molecule has 2 fully saturated rings. The third kappa shape index (κ3) is 4.29. The third-order valence-corrected chi connectivity index (χ3v) is 7.05. The molecule has 0 radical (unpaired) electrons. The summed E-state index contributed by atoms with van der Waals surface area (Å²) in [5, 5.41) is 3.07. The number of likely N-dealkylation sites (tertiary alicyclic amines) is 1. The van der Waals surface area contributed by atoms with Gasteiger partial charge in [-0.15, -0.1) is 0 Å². The fraction of sp³-hybridized carbons (Fsp3) is 0.440. The van der Waals surface area contributed by atoms with Crippen molar-refractivity contribution in [3.63, 3.8) is 0 Å². The Morgan fingerprint density at radius 1 is 1.06 bits per heavy atom. The number of nitrogens with two attached hydrogens (primary N) is 1. The van der Waals surface area contributed by atoms with E-state index in [1.807, 2.05) is 40.8 Å². The van der Waals surface area contributed by atoms with Gasteiger partial charge in [0.1, 0.15) is 5.82 Å². The van der Waals surface area contributed by atoms with Crippen molar-refractivity contribution >= 4 is 28.7 Å². The van der Waals surface area contributed by atoms with Crippen LogP contribution in [0.25, 0.3) is 11.0 Å². The van der Waals surface area contributed by atoms with E-state index in [-0.39, 0.29) is 29.6 Å². The summed E-state index contributed by atoms with van der Waals surface area (Å²) in [7, 11) is 1.94. The van der Waals surface area contributed by atoms with E-state index in [0.29, 0.717) is 24.2 Å². The normalized spacial score (nSPS) is 17.5. The number of fused-ring (bicyclic) bond motifs is 1. The van der Waals surface area contributed by atoms with Crippen LogP contribution in [0, 0.1) is 0 Å². The number of imidazole rings is 1. The fourth-order valence-electron chi connectivity index (χ4n) is 5.07. The number of hydrogen-bond acceptors (Lipinski definition) is 5. The maximum atomic E-state index is 13.0. The fourth-order valence-corrected chi connectivity index (χ4v) is 5.07. The number of piperidine rings is 1. The maximum Gasteiger partial charge on any atom is 0.255 e. The van der Waals surface area contributed by atoms with Gasteiger partial charge in [0.15, 0.2) is 0 Å². The first-order chi connectivity index (χ1) is 16.0. The number of aryl methyl sites for hydroxylation is 1. The first kappa shape index (κ1) is 21.4. The van der Waals surface area contributed by atoms with Gasteiger partial charge in [0.25, 0.3) is 11.8 Å². The minimum atomic E-state index is -0.135. The van der Waals surface area contributed by atoms with Crippen molar-refractivity contribution in [1.29, 1.82) is 0 Å². The van der Waals surface area contributed by atoms with Gasteiger partial charge in [-0.3, -0.25) is 9.59 Å². The average molecular weight is 447 g/mol.